The fraction of sp³-hybridized carbons (Fsp3) is 0.529. The SMILES string of the molecule is Cc1c(C(N)=O)sc2ncn(CC(=O)OC3CCCC(C)C3)c(=O)c12. The highest BCUT2D eigenvalue weighted by atomic mass is 32.1. The molecule has 25 heavy (non-hydrogen) atoms. The van der Waals surface area contributed by atoms with Crippen molar-refractivity contribution < 1.29 is 14.3 Å². The summed E-state index contributed by atoms with van der Waals surface area (Å²) in [6.07, 6.45) is 5.19. The van der Waals surface area contributed by atoms with Crippen molar-refractivity contribution >= 4 is 33.4 Å². The van der Waals surface area contributed by atoms with E-state index in [0.29, 0.717) is 26.6 Å². The summed E-state index contributed by atoms with van der Waals surface area (Å²) in [5, 5.41) is 0.334. The molecule has 1 amide bonds. The largest absolute Gasteiger partial charge is 0.461 e. The average Bonchev–Trinajstić information content (AvgIpc) is 2.88. The number of hydrogen-bond acceptors (Lipinski definition) is 6. The second-order valence-electron chi connectivity index (χ2n) is 6.66. The molecule has 7 nitrogen and oxygen atoms in total. The fourth-order valence-corrected chi connectivity index (χ4v) is 4.35. The number of ether oxygens (including phenoxy) is 1. The van der Waals surface area contributed by atoms with Crippen LogP contribution in [0.15, 0.2) is 11.1 Å². The first-order valence-corrected chi connectivity index (χ1v) is 9.16. The molecule has 2 aromatic heterocycles. The van der Waals surface area contributed by atoms with Gasteiger partial charge in [-0.2, -0.15) is 0 Å². The molecule has 1 aliphatic rings. The van der Waals surface area contributed by atoms with Crippen molar-refractivity contribution in [3.05, 3.63) is 27.1 Å². The summed E-state index contributed by atoms with van der Waals surface area (Å²) >= 11 is 1.09. The fourth-order valence-electron chi connectivity index (χ4n) is 3.35. The molecular formula is C17H21N3O4S. The predicted molar refractivity (Wildman–Crippen MR) is 94.6 cm³/mol. The highest BCUT2D eigenvalue weighted by Crippen LogP contribution is 2.27. The molecule has 134 valence electrons. The predicted octanol–water partition coefficient (Wildman–Crippen LogP) is 1.99. The lowest BCUT2D eigenvalue weighted by atomic mass is 9.89. The number of fused-ring (bicyclic) bond motifs is 1. The van der Waals surface area contributed by atoms with Gasteiger partial charge >= 0.3 is 5.97 Å². The van der Waals surface area contributed by atoms with Gasteiger partial charge in [0.1, 0.15) is 17.5 Å². The monoisotopic (exact) mass is 363 g/mol. The lowest BCUT2D eigenvalue weighted by Crippen LogP contribution is -2.30. The summed E-state index contributed by atoms with van der Waals surface area (Å²) < 4.78 is 6.73. The zero-order chi connectivity index (χ0) is 18.1. The molecule has 1 fully saturated rings. The number of carbonyl (C=O) groups excluding carboxylic acids is 2. The van der Waals surface area contributed by atoms with Crippen LogP contribution in [0.3, 0.4) is 0 Å². The summed E-state index contributed by atoms with van der Waals surface area (Å²) in [6.45, 7) is 3.62. The molecule has 0 saturated heterocycles. The Bertz CT molecular complexity index is 886. The number of esters is 1. The summed E-state index contributed by atoms with van der Waals surface area (Å²) in [6, 6.07) is 0. The van der Waals surface area contributed by atoms with E-state index in [4.69, 9.17) is 10.5 Å². The molecule has 2 unspecified atom stereocenters. The molecule has 2 N–H and O–H groups in total. The highest BCUT2D eigenvalue weighted by molar-refractivity contribution is 7.20. The van der Waals surface area contributed by atoms with Crippen LogP contribution in [0.4, 0.5) is 0 Å². The van der Waals surface area contributed by atoms with E-state index in [9.17, 15) is 14.4 Å². The quantitative estimate of drug-likeness (QED) is 0.837. The van der Waals surface area contributed by atoms with Gasteiger partial charge in [0.15, 0.2) is 0 Å². The minimum Gasteiger partial charge on any atom is -0.461 e. The maximum Gasteiger partial charge on any atom is 0.326 e. The standard InChI is InChI=1S/C17H21N3O4S/c1-9-4-3-5-11(6-9)24-12(21)7-20-8-19-16-13(17(20)23)10(2)14(25-16)15(18)22/h8-9,11H,3-7H2,1-2H3,(H2,18,22). The Labute approximate surface area is 148 Å². The van der Waals surface area contributed by atoms with E-state index in [1.165, 1.54) is 10.9 Å². The number of aryl methyl sites for hydroxylation is 1. The van der Waals surface area contributed by atoms with E-state index >= 15 is 0 Å². The van der Waals surface area contributed by atoms with E-state index in [0.717, 1.165) is 37.0 Å². The smallest absolute Gasteiger partial charge is 0.326 e. The Morgan fingerprint density at radius 3 is 2.88 bits per heavy atom. The van der Waals surface area contributed by atoms with Gasteiger partial charge in [-0.1, -0.05) is 13.3 Å². The van der Waals surface area contributed by atoms with Crippen LogP contribution in [0.2, 0.25) is 0 Å². The lowest BCUT2D eigenvalue weighted by Gasteiger charge is -2.26. The number of nitrogens with zero attached hydrogens (tertiary/aromatic N) is 2. The molecule has 1 saturated carbocycles. The number of carbonyl (C=O) groups is 2. The molecule has 8 heteroatoms. The van der Waals surface area contributed by atoms with Gasteiger partial charge < -0.3 is 10.5 Å². The molecular weight excluding hydrogens is 342 g/mol. The van der Waals surface area contributed by atoms with Gasteiger partial charge in [-0.25, -0.2) is 4.98 Å². The van der Waals surface area contributed by atoms with E-state index in [2.05, 4.69) is 11.9 Å². The van der Waals surface area contributed by atoms with Crippen molar-refractivity contribution in [2.45, 2.75) is 52.2 Å². The van der Waals surface area contributed by atoms with E-state index in [1.54, 1.807) is 6.92 Å². The van der Waals surface area contributed by atoms with Crippen molar-refractivity contribution in [3.8, 4) is 0 Å². The van der Waals surface area contributed by atoms with Crippen LogP contribution < -0.4 is 11.3 Å². The van der Waals surface area contributed by atoms with Crippen molar-refractivity contribution in [1.82, 2.24) is 9.55 Å². The number of nitrogens with two attached hydrogens (primary N) is 1. The lowest BCUT2D eigenvalue weighted by molar-refractivity contribution is -0.152. The Kier molecular flexibility index (Phi) is 4.89. The molecule has 0 radical (unpaired) electrons. The Hall–Kier alpha value is -2.22. The van der Waals surface area contributed by atoms with Crippen LogP contribution in [0.1, 0.15) is 47.8 Å². The van der Waals surface area contributed by atoms with Crippen LogP contribution in [-0.4, -0.2) is 27.5 Å². The molecule has 0 aliphatic heterocycles. The van der Waals surface area contributed by atoms with Gasteiger partial charge in [0.2, 0.25) is 0 Å². The van der Waals surface area contributed by atoms with Gasteiger partial charge in [-0.15, -0.1) is 11.3 Å². The normalized spacial score (nSPS) is 20.6. The van der Waals surface area contributed by atoms with Crippen molar-refractivity contribution in [2.24, 2.45) is 11.7 Å². The van der Waals surface area contributed by atoms with Gasteiger partial charge in [0, 0.05) is 0 Å². The summed E-state index contributed by atoms with van der Waals surface area (Å²) in [5.74, 6) is -0.476. The first-order chi connectivity index (χ1) is 11.9. The Morgan fingerprint density at radius 1 is 1.44 bits per heavy atom. The molecule has 0 bridgehead atoms. The zero-order valence-electron chi connectivity index (χ0n) is 14.3. The maximum atomic E-state index is 12.6. The van der Waals surface area contributed by atoms with Crippen LogP contribution in [-0.2, 0) is 16.1 Å². The third kappa shape index (κ3) is 3.58. The summed E-state index contributed by atoms with van der Waals surface area (Å²) in [7, 11) is 0. The number of hydrogen-bond donors (Lipinski definition) is 1. The Morgan fingerprint density at radius 2 is 2.20 bits per heavy atom. The second kappa shape index (κ2) is 6.95. The van der Waals surface area contributed by atoms with Crippen molar-refractivity contribution in [1.29, 1.82) is 0 Å². The average molecular weight is 363 g/mol. The van der Waals surface area contributed by atoms with Crippen LogP contribution in [0, 0.1) is 12.8 Å². The van der Waals surface area contributed by atoms with E-state index in [-0.39, 0.29) is 18.2 Å². The molecule has 1 aliphatic carbocycles. The molecule has 0 aromatic carbocycles. The van der Waals surface area contributed by atoms with Crippen molar-refractivity contribution in [2.75, 3.05) is 0 Å². The van der Waals surface area contributed by atoms with Crippen LogP contribution in [0.5, 0.6) is 0 Å². The summed E-state index contributed by atoms with van der Waals surface area (Å²) in [4.78, 5) is 41.2. The minimum absolute atomic E-state index is 0.0759. The third-order valence-electron chi connectivity index (χ3n) is 4.63. The number of rotatable bonds is 4. The second-order valence-corrected chi connectivity index (χ2v) is 7.66. The van der Waals surface area contributed by atoms with Gasteiger partial charge in [-0.3, -0.25) is 19.0 Å². The zero-order valence-corrected chi connectivity index (χ0v) is 15.1. The first-order valence-electron chi connectivity index (χ1n) is 8.34. The van der Waals surface area contributed by atoms with Crippen LogP contribution >= 0.6 is 11.3 Å². The number of aromatic nitrogens is 2. The van der Waals surface area contributed by atoms with E-state index in [1.807, 2.05) is 0 Å². The maximum absolute atomic E-state index is 12.6. The minimum atomic E-state index is -0.586. The molecule has 2 aromatic rings. The van der Waals surface area contributed by atoms with Gasteiger partial charge in [0.25, 0.3) is 11.5 Å². The number of primary amides is 1. The number of amides is 1. The molecule has 2 atom stereocenters. The summed E-state index contributed by atoms with van der Waals surface area (Å²) in [5.41, 5.74) is 5.47. The third-order valence-corrected chi connectivity index (χ3v) is 5.84. The van der Waals surface area contributed by atoms with Crippen LogP contribution in [0.25, 0.3) is 10.2 Å². The highest BCUT2D eigenvalue weighted by Gasteiger charge is 2.23. The van der Waals surface area contributed by atoms with Crippen molar-refractivity contribution in [3.63, 3.8) is 0 Å². The number of thiophene rings is 1. The van der Waals surface area contributed by atoms with E-state index < -0.39 is 11.9 Å². The van der Waals surface area contributed by atoms with Gasteiger partial charge in [-0.05, 0) is 37.7 Å². The molecule has 2 heterocycles. The Balaban J connectivity index is 1.80. The van der Waals surface area contributed by atoms with Gasteiger partial charge in [0.05, 0.1) is 16.6 Å². The molecule has 3 rings (SSSR count). The first kappa shape index (κ1) is 17.6. The molecule has 0 spiro atoms. The topological polar surface area (TPSA) is 104 Å².